The molecule has 2 aliphatic heterocycles. The summed E-state index contributed by atoms with van der Waals surface area (Å²) in [5.74, 6) is -3.80. The van der Waals surface area contributed by atoms with Crippen molar-refractivity contribution < 1.29 is 35.6 Å². The van der Waals surface area contributed by atoms with Gasteiger partial charge < -0.3 is 24.6 Å². The quantitative estimate of drug-likeness (QED) is 0.186. The van der Waals surface area contributed by atoms with Crippen LogP contribution in [0.4, 0.5) is 0 Å². The van der Waals surface area contributed by atoms with Gasteiger partial charge in [0, 0.05) is 27.8 Å². The number of rotatable bonds is 5. The summed E-state index contributed by atoms with van der Waals surface area (Å²) in [4.78, 5) is 55.4. The summed E-state index contributed by atoms with van der Waals surface area (Å²) in [5.41, 5.74) is 11.7. The summed E-state index contributed by atoms with van der Waals surface area (Å²) in [5, 5.41) is 11.5. The first-order valence-electron chi connectivity index (χ1n) is 14.3. The molecule has 0 fully saturated rings. The number of nitrogens with zero attached hydrogens (tertiary/aromatic N) is 2. The molecule has 0 radical (unpaired) electrons. The minimum atomic E-state index is -1.38. The fraction of sp³-hybridized carbons (Fsp3) is 0.229. The van der Waals surface area contributed by atoms with Crippen molar-refractivity contribution in [3.05, 3.63) is 87.5 Å². The molecule has 9 nitrogen and oxygen atoms in total. The van der Waals surface area contributed by atoms with E-state index in [0.717, 1.165) is 51.7 Å². The van der Waals surface area contributed by atoms with Crippen LogP contribution in [-0.2, 0) is 14.3 Å². The molecular formula is C35H32MgN4O5+2. The zero-order valence-electron chi connectivity index (χ0n) is 27.1. The number of aliphatic carboxylic acids is 1. The number of H-pyrrole nitrogens is 2. The van der Waals surface area contributed by atoms with Gasteiger partial charge in [0.05, 0.1) is 18.7 Å². The molecule has 1 atom stereocenters. The molecule has 0 aromatic carbocycles. The van der Waals surface area contributed by atoms with Crippen LogP contribution in [0.25, 0.3) is 50.4 Å². The molecule has 1 aliphatic carbocycles. The van der Waals surface area contributed by atoms with Crippen LogP contribution in [0, 0.1) is 13.8 Å². The van der Waals surface area contributed by atoms with E-state index in [0.29, 0.717) is 55.8 Å². The van der Waals surface area contributed by atoms with Gasteiger partial charge in [0.15, 0.2) is 11.7 Å². The Morgan fingerprint density at radius 2 is 1.64 bits per heavy atom. The molecule has 8 bridgehead atoms. The summed E-state index contributed by atoms with van der Waals surface area (Å²) in [6.45, 7) is 13.8. The van der Waals surface area contributed by atoms with Crippen molar-refractivity contribution >= 4 is 91.2 Å². The van der Waals surface area contributed by atoms with Crippen LogP contribution in [-0.4, -0.2) is 47.9 Å². The van der Waals surface area contributed by atoms with E-state index in [1.54, 1.807) is 6.08 Å². The van der Waals surface area contributed by atoms with Crippen molar-refractivity contribution in [1.82, 2.24) is 9.97 Å². The monoisotopic (exact) mass is 612 g/mol. The van der Waals surface area contributed by atoms with Crippen molar-refractivity contribution in [3.63, 3.8) is 0 Å². The summed E-state index contributed by atoms with van der Waals surface area (Å²) < 4.78 is 5.09. The zero-order chi connectivity index (χ0) is 31.6. The van der Waals surface area contributed by atoms with E-state index in [-0.39, 0.29) is 24.5 Å². The first-order chi connectivity index (χ1) is 21.0. The Balaban J connectivity index is 0.00000240. The van der Waals surface area contributed by atoms with Crippen LogP contribution in [0.3, 0.4) is 0 Å². The smallest absolute Gasteiger partial charge is 0.657 e. The van der Waals surface area contributed by atoms with Crippen LogP contribution in [0.1, 0.15) is 89.9 Å². The normalized spacial score (nSPS) is 15.6. The molecule has 3 aliphatic rings. The molecule has 3 aromatic rings. The van der Waals surface area contributed by atoms with Gasteiger partial charge >= 0.3 is 30.4 Å². The molecule has 0 saturated carbocycles. The zero-order valence-corrected chi connectivity index (χ0v) is 27.5. The second kappa shape index (κ2) is 11.8. The summed E-state index contributed by atoms with van der Waals surface area (Å²) in [7, 11) is 1.23. The average Bonchev–Trinajstić information content (AvgIpc) is 3.72. The molecule has 0 saturated heterocycles. The van der Waals surface area contributed by atoms with Crippen LogP contribution in [0.2, 0.25) is 0 Å². The summed E-state index contributed by atoms with van der Waals surface area (Å²) >= 11 is 0. The Morgan fingerprint density at radius 3 is 2.29 bits per heavy atom. The van der Waals surface area contributed by atoms with Crippen molar-refractivity contribution in [1.29, 1.82) is 0 Å². The Hall–Kier alpha value is -4.54. The predicted molar refractivity (Wildman–Crippen MR) is 171 cm³/mol. The second-order valence-corrected chi connectivity index (χ2v) is 11.2. The van der Waals surface area contributed by atoms with E-state index in [1.807, 2.05) is 39.0 Å². The van der Waals surface area contributed by atoms with Gasteiger partial charge in [-0.3, -0.25) is 9.59 Å². The Bertz CT molecular complexity index is 2130. The number of hydrogen-bond donors (Lipinski definition) is 0. The van der Waals surface area contributed by atoms with Gasteiger partial charge in [-0.15, -0.1) is 22.1 Å². The molecule has 45 heavy (non-hydrogen) atoms. The molecule has 3 aromatic heterocycles. The maximum atomic E-state index is 13.9. The number of esters is 1. The largest absolute Gasteiger partial charge is 2.00 e. The standard InChI is InChI=1S/C35H32N4O5.Mg/c1-8-19-15(3)22-12-24-17(5)21(10-11-28(40)41)32(38-24)30-31(35(43)44-7)34(42)29-18(6)25(39-33(29)30)14-27-20(9-2)16(4)23(37-27)13-26(19)36-22;/h8,10-14,31H,1,9H2,2-7H3,(H3,36,37,38,39,40,41,42);/q;+2/b11-10+,22-12?,23-13?,24-12?,25-14?,26-13?,27-14?,32-30?;. The van der Waals surface area contributed by atoms with E-state index < -0.39 is 23.6 Å². The maximum Gasteiger partial charge on any atom is 2.00 e. The first-order valence-corrected chi connectivity index (χ1v) is 14.3. The van der Waals surface area contributed by atoms with Gasteiger partial charge in [0.1, 0.15) is 0 Å². The predicted octanol–water partition coefficient (Wildman–Crippen LogP) is 3.43. The number of carboxylic acid groups (broad SMARTS) is 1. The van der Waals surface area contributed by atoms with Gasteiger partial charge in [-0.1, -0.05) is 30.7 Å². The van der Waals surface area contributed by atoms with Gasteiger partial charge in [-0.25, -0.2) is 9.97 Å². The number of aromatic nitrogens is 4. The van der Waals surface area contributed by atoms with Crippen LogP contribution < -0.4 is 25.0 Å². The molecular weight excluding hydrogens is 581 g/mol. The number of carbonyl (C=O) groups is 3. The molecule has 0 amide bonds. The van der Waals surface area contributed by atoms with E-state index >= 15 is 0 Å². The number of carbonyl (C=O) groups excluding carboxylic acids is 3. The maximum absolute atomic E-state index is 13.9. The molecule has 0 spiro atoms. The minimum Gasteiger partial charge on any atom is -0.657 e. The fourth-order valence-electron chi connectivity index (χ4n) is 6.49. The summed E-state index contributed by atoms with van der Waals surface area (Å²) in [6.07, 6.45) is 4.88. The summed E-state index contributed by atoms with van der Waals surface area (Å²) in [6, 6.07) is 5.82. The van der Waals surface area contributed by atoms with E-state index in [9.17, 15) is 19.5 Å². The number of nitrogens with one attached hydrogen (secondary N) is 2. The molecule has 5 heterocycles. The first kappa shape index (κ1) is 31.9. The van der Waals surface area contributed by atoms with Gasteiger partial charge in [0.2, 0.25) is 22.8 Å². The van der Waals surface area contributed by atoms with Crippen molar-refractivity contribution in [2.45, 2.75) is 47.0 Å². The van der Waals surface area contributed by atoms with Gasteiger partial charge in [-0.2, -0.15) is 0 Å². The van der Waals surface area contributed by atoms with E-state index in [2.05, 4.69) is 30.4 Å². The number of ether oxygens (including phenoxy) is 1. The molecule has 222 valence electrons. The molecule has 1 unspecified atom stereocenters. The van der Waals surface area contributed by atoms with Crippen molar-refractivity contribution in [2.24, 2.45) is 0 Å². The number of allylic oxidation sites excluding steroid dienone is 5. The Kier molecular flexibility index (Phi) is 8.32. The van der Waals surface area contributed by atoms with Crippen molar-refractivity contribution in [3.8, 4) is 0 Å². The number of carboxylic acids is 1. The minimum absolute atomic E-state index is 0. The topological polar surface area (TPSA) is 140 Å². The van der Waals surface area contributed by atoms with Crippen LogP contribution in [0.15, 0.2) is 36.9 Å². The average molecular weight is 613 g/mol. The number of fused-ring (bicyclic) bond motifs is 8. The number of aromatic amines is 2. The third kappa shape index (κ3) is 4.88. The number of aryl methyl sites for hydroxylation is 2. The van der Waals surface area contributed by atoms with Crippen LogP contribution >= 0.6 is 0 Å². The SMILES string of the molecule is C=Cc1c(C)c2cc3[nH+]c(c4c5[n-]c(cc6[nH+]c(cc1[n-]2)C(C)=C6CC)c(C)c5C(=O)C4C(=O)OC)C(/C=C/C(=O)[O-])=C3C.[H+].[Mg+2]. The fourth-order valence-corrected chi connectivity index (χ4v) is 6.49. The number of methoxy groups -OCH3 is 1. The molecule has 2 N–H and O–H groups in total. The van der Waals surface area contributed by atoms with E-state index in [1.165, 1.54) is 13.2 Å². The molecule has 6 rings (SSSR count). The third-order valence-electron chi connectivity index (χ3n) is 8.87. The van der Waals surface area contributed by atoms with Crippen LogP contribution in [0.5, 0.6) is 0 Å². The van der Waals surface area contributed by atoms with E-state index in [4.69, 9.17) is 14.7 Å². The second-order valence-electron chi connectivity index (χ2n) is 11.2. The third-order valence-corrected chi connectivity index (χ3v) is 8.87. The van der Waals surface area contributed by atoms with Gasteiger partial charge in [0.25, 0.3) is 0 Å². The Morgan fingerprint density at radius 1 is 1.00 bits per heavy atom. The number of hydrogen-bond acceptors (Lipinski definition) is 5. The Labute approximate surface area is 277 Å². The van der Waals surface area contributed by atoms with Crippen molar-refractivity contribution in [2.75, 3.05) is 7.11 Å². The number of ketones is 1. The number of Topliss-reactive ketones (excluding diaryl/α,β-unsaturated/α-hetero) is 1. The molecule has 10 heteroatoms. The van der Waals surface area contributed by atoms with Gasteiger partial charge in [-0.05, 0) is 70.0 Å².